The SMILES string of the molecule is Cl.O=C(Nc1nc2n(n1)C(c1ccccc1)C=C(c1ccccc1)N2)c1cccs1. The van der Waals surface area contributed by atoms with Crippen molar-refractivity contribution in [1.29, 1.82) is 0 Å². The number of carbonyl (C=O) groups excluding carboxylic acids is 1. The molecule has 6 nitrogen and oxygen atoms in total. The van der Waals surface area contributed by atoms with Gasteiger partial charge in [0.1, 0.15) is 6.04 Å². The third-order valence-electron chi connectivity index (χ3n) is 4.66. The molecule has 1 aliphatic heterocycles. The van der Waals surface area contributed by atoms with E-state index in [1.165, 1.54) is 11.3 Å². The highest BCUT2D eigenvalue weighted by Gasteiger charge is 2.25. The van der Waals surface area contributed by atoms with E-state index in [0.29, 0.717) is 10.8 Å². The van der Waals surface area contributed by atoms with Gasteiger partial charge in [0.2, 0.25) is 5.95 Å². The van der Waals surface area contributed by atoms with Gasteiger partial charge < -0.3 is 5.32 Å². The lowest BCUT2D eigenvalue weighted by Crippen LogP contribution is -2.20. The summed E-state index contributed by atoms with van der Waals surface area (Å²) in [6, 6.07) is 23.7. The molecule has 0 aliphatic carbocycles. The lowest BCUT2D eigenvalue weighted by molar-refractivity contribution is 0.102. The average molecular weight is 436 g/mol. The van der Waals surface area contributed by atoms with Crippen LogP contribution in [0.1, 0.15) is 26.8 Å². The van der Waals surface area contributed by atoms with Crippen LogP contribution in [0, 0.1) is 0 Å². The fraction of sp³-hybridized carbons (Fsp3) is 0.0455. The number of carbonyl (C=O) groups is 1. The van der Waals surface area contributed by atoms with Gasteiger partial charge in [-0.25, -0.2) is 4.68 Å². The normalized spacial score (nSPS) is 14.7. The number of halogens is 1. The van der Waals surface area contributed by atoms with Crippen molar-refractivity contribution in [2.24, 2.45) is 0 Å². The molecule has 30 heavy (non-hydrogen) atoms. The number of nitrogens with zero attached hydrogens (tertiary/aromatic N) is 3. The molecule has 5 rings (SSSR count). The highest BCUT2D eigenvalue weighted by molar-refractivity contribution is 7.12. The van der Waals surface area contributed by atoms with Crippen molar-refractivity contribution < 1.29 is 4.79 Å². The molecule has 8 heteroatoms. The summed E-state index contributed by atoms with van der Waals surface area (Å²) in [5, 5.41) is 12.6. The highest BCUT2D eigenvalue weighted by Crippen LogP contribution is 2.33. The van der Waals surface area contributed by atoms with Gasteiger partial charge in [0.25, 0.3) is 11.9 Å². The third-order valence-corrected chi connectivity index (χ3v) is 5.53. The fourth-order valence-electron chi connectivity index (χ4n) is 3.29. The Kier molecular flexibility index (Phi) is 5.65. The van der Waals surface area contributed by atoms with E-state index in [9.17, 15) is 4.79 Å². The number of thiophene rings is 1. The van der Waals surface area contributed by atoms with Gasteiger partial charge in [0.05, 0.1) is 4.88 Å². The van der Waals surface area contributed by atoms with E-state index in [1.54, 1.807) is 10.7 Å². The number of fused-ring (bicyclic) bond motifs is 1. The first-order valence-electron chi connectivity index (χ1n) is 9.18. The van der Waals surface area contributed by atoms with Crippen molar-refractivity contribution in [3.63, 3.8) is 0 Å². The summed E-state index contributed by atoms with van der Waals surface area (Å²) in [6.45, 7) is 0. The topological polar surface area (TPSA) is 71.8 Å². The number of anilines is 2. The Hall–Kier alpha value is -3.42. The molecule has 0 saturated heterocycles. The minimum atomic E-state index is -0.213. The second-order valence-electron chi connectivity index (χ2n) is 6.56. The zero-order valence-corrected chi connectivity index (χ0v) is 17.4. The fourth-order valence-corrected chi connectivity index (χ4v) is 3.91. The van der Waals surface area contributed by atoms with Crippen LogP contribution in [0.2, 0.25) is 0 Å². The van der Waals surface area contributed by atoms with Crippen LogP contribution in [-0.4, -0.2) is 20.7 Å². The van der Waals surface area contributed by atoms with E-state index < -0.39 is 0 Å². The molecule has 150 valence electrons. The maximum Gasteiger partial charge on any atom is 0.268 e. The molecule has 0 spiro atoms. The van der Waals surface area contributed by atoms with Gasteiger partial charge in [-0.05, 0) is 28.6 Å². The summed E-state index contributed by atoms with van der Waals surface area (Å²) < 4.78 is 1.80. The Bertz CT molecular complexity index is 1170. The second-order valence-corrected chi connectivity index (χ2v) is 7.51. The lowest BCUT2D eigenvalue weighted by atomic mass is 10.0. The van der Waals surface area contributed by atoms with E-state index in [2.05, 4.69) is 38.9 Å². The number of amides is 1. The van der Waals surface area contributed by atoms with E-state index in [1.807, 2.05) is 60.0 Å². The average Bonchev–Trinajstić information content (AvgIpc) is 3.44. The van der Waals surface area contributed by atoms with E-state index in [-0.39, 0.29) is 30.3 Å². The Balaban J connectivity index is 0.00000218. The Morgan fingerprint density at radius 1 is 1.00 bits per heavy atom. The van der Waals surface area contributed by atoms with E-state index in [0.717, 1.165) is 16.8 Å². The first kappa shape index (κ1) is 19.9. The number of hydrogen-bond acceptors (Lipinski definition) is 5. The number of nitrogens with one attached hydrogen (secondary N) is 2. The largest absolute Gasteiger partial charge is 0.324 e. The molecule has 2 aromatic carbocycles. The van der Waals surface area contributed by atoms with Gasteiger partial charge in [-0.1, -0.05) is 66.7 Å². The predicted molar refractivity (Wildman–Crippen MR) is 122 cm³/mol. The zero-order valence-electron chi connectivity index (χ0n) is 15.7. The molecular weight excluding hydrogens is 418 g/mol. The van der Waals surface area contributed by atoms with Crippen LogP contribution in [0.5, 0.6) is 0 Å². The first-order chi connectivity index (χ1) is 14.3. The quantitative estimate of drug-likeness (QED) is 0.469. The molecule has 1 amide bonds. The van der Waals surface area contributed by atoms with Crippen molar-refractivity contribution in [1.82, 2.24) is 14.8 Å². The molecular formula is C22H18ClN5OS. The van der Waals surface area contributed by atoms with Gasteiger partial charge in [-0.3, -0.25) is 10.1 Å². The van der Waals surface area contributed by atoms with Crippen LogP contribution in [0.3, 0.4) is 0 Å². The smallest absolute Gasteiger partial charge is 0.268 e. The molecule has 0 saturated carbocycles. The van der Waals surface area contributed by atoms with Crippen LogP contribution in [0.4, 0.5) is 11.9 Å². The maximum absolute atomic E-state index is 12.4. The minimum absolute atomic E-state index is 0. The summed E-state index contributed by atoms with van der Waals surface area (Å²) in [5.74, 6) is 0.645. The molecule has 1 unspecified atom stereocenters. The molecule has 0 radical (unpaired) electrons. The summed E-state index contributed by atoms with van der Waals surface area (Å²) >= 11 is 1.38. The van der Waals surface area contributed by atoms with Crippen molar-refractivity contribution in [3.05, 3.63) is 100 Å². The molecule has 2 N–H and O–H groups in total. The molecule has 2 aromatic heterocycles. The van der Waals surface area contributed by atoms with Crippen LogP contribution >= 0.6 is 23.7 Å². The Labute approximate surface area is 183 Å². The third kappa shape index (κ3) is 3.85. The first-order valence-corrected chi connectivity index (χ1v) is 10.1. The second kappa shape index (κ2) is 8.52. The Morgan fingerprint density at radius 3 is 2.43 bits per heavy atom. The molecule has 3 heterocycles. The summed E-state index contributed by atoms with van der Waals surface area (Å²) in [7, 11) is 0. The monoisotopic (exact) mass is 435 g/mol. The summed E-state index contributed by atoms with van der Waals surface area (Å²) in [5.41, 5.74) is 3.10. The van der Waals surface area contributed by atoms with Gasteiger partial charge in [0.15, 0.2) is 0 Å². The minimum Gasteiger partial charge on any atom is -0.324 e. The Morgan fingerprint density at radius 2 is 1.73 bits per heavy atom. The van der Waals surface area contributed by atoms with Gasteiger partial charge in [-0.15, -0.1) is 28.8 Å². The standard InChI is InChI=1S/C22H17N5OS.ClH/c28-20(19-12-7-13-29-19)24-21-25-22-23-17(15-8-3-1-4-9-15)14-18(27(22)26-21)16-10-5-2-6-11-16;/h1-14,18H,(H2,23,24,25,26,28);1H. The predicted octanol–water partition coefficient (Wildman–Crippen LogP) is 5.07. The van der Waals surface area contributed by atoms with Gasteiger partial charge in [0, 0.05) is 5.70 Å². The lowest BCUT2D eigenvalue weighted by Gasteiger charge is -2.24. The molecule has 0 fully saturated rings. The van der Waals surface area contributed by atoms with Crippen molar-refractivity contribution in [2.45, 2.75) is 6.04 Å². The van der Waals surface area contributed by atoms with Crippen LogP contribution in [0.15, 0.2) is 84.3 Å². The van der Waals surface area contributed by atoms with Crippen molar-refractivity contribution >= 4 is 47.2 Å². The molecule has 1 atom stereocenters. The number of hydrogen-bond donors (Lipinski definition) is 2. The van der Waals surface area contributed by atoms with Crippen molar-refractivity contribution in [2.75, 3.05) is 10.6 Å². The van der Waals surface area contributed by atoms with Crippen LogP contribution < -0.4 is 10.6 Å². The number of rotatable bonds is 4. The number of aromatic nitrogens is 3. The maximum atomic E-state index is 12.4. The number of allylic oxidation sites excluding steroid dienone is 1. The van der Waals surface area contributed by atoms with Crippen LogP contribution in [-0.2, 0) is 0 Å². The summed E-state index contributed by atoms with van der Waals surface area (Å²) in [4.78, 5) is 17.5. The molecule has 0 bridgehead atoms. The van der Waals surface area contributed by atoms with E-state index >= 15 is 0 Å². The van der Waals surface area contributed by atoms with Crippen molar-refractivity contribution in [3.8, 4) is 0 Å². The molecule has 1 aliphatic rings. The number of benzene rings is 2. The van der Waals surface area contributed by atoms with Gasteiger partial charge >= 0.3 is 0 Å². The van der Waals surface area contributed by atoms with Crippen LogP contribution in [0.25, 0.3) is 5.70 Å². The summed E-state index contributed by atoms with van der Waals surface area (Å²) in [6.07, 6.45) is 2.12. The highest BCUT2D eigenvalue weighted by atomic mass is 35.5. The molecule has 4 aromatic rings. The van der Waals surface area contributed by atoms with Gasteiger partial charge in [-0.2, -0.15) is 4.98 Å². The van der Waals surface area contributed by atoms with E-state index in [4.69, 9.17) is 0 Å². The zero-order chi connectivity index (χ0) is 19.6.